The van der Waals surface area contributed by atoms with Gasteiger partial charge in [-0.25, -0.2) is 13.4 Å². The largest absolute Gasteiger partial charge is 0.471 e. The fraction of sp³-hybridized carbons (Fsp3) is 0.476. The number of aromatic nitrogens is 2. The molecule has 0 aliphatic carbocycles. The van der Waals surface area contributed by atoms with Gasteiger partial charge in [-0.15, -0.1) is 0 Å². The lowest BCUT2D eigenvalue weighted by atomic mass is 10.1. The molecule has 2 aliphatic heterocycles. The Morgan fingerprint density at radius 3 is 2.47 bits per heavy atom. The van der Waals surface area contributed by atoms with Gasteiger partial charge in [-0.1, -0.05) is 6.42 Å². The van der Waals surface area contributed by atoms with Gasteiger partial charge in [0.25, 0.3) is 5.91 Å². The van der Waals surface area contributed by atoms with Gasteiger partial charge >= 0.3 is 0 Å². The molecule has 1 atom stereocenters. The van der Waals surface area contributed by atoms with Crippen molar-refractivity contribution >= 4 is 15.9 Å². The maximum Gasteiger partial charge on any atom is 0.253 e. The number of carbonyl (C=O) groups is 1. The predicted octanol–water partition coefficient (Wildman–Crippen LogP) is 2.33. The smallest absolute Gasteiger partial charge is 0.253 e. The van der Waals surface area contributed by atoms with Gasteiger partial charge in [0, 0.05) is 37.6 Å². The molecular weight excluding hydrogens is 404 g/mol. The summed E-state index contributed by atoms with van der Waals surface area (Å²) in [6.45, 7) is 2.23. The number of sulfonamides is 1. The molecule has 0 bridgehead atoms. The average molecular weight is 431 g/mol. The minimum Gasteiger partial charge on any atom is -0.471 e. The van der Waals surface area contributed by atoms with Gasteiger partial charge < -0.3 is 9.64 Å². The van der Waals surface area contributed by atoms with E-state index >= 15 is 0 Å². The first-order valence-electron chi connectivity index (χ1n) is 10.4. The van der Waals surface area contributed by atoms with Crippen LogP contribution in [0.2, 0.25) is 0 Å². The Balaban J connectivity index is 1.41. The number of hydrogen-bond donors (Lipinski definition) is 0. The van der Waals surface area contributed by atoms with E-state index < -0.39 is 10.0 Å². The maximum atomic E-state index is 12.9. The van der Waals surface area contributed by atoms with E-state index in [-0.39, 0.29) is 16.9 Å². The highest BCUT2D eigenvalue weighted by molar-refractivity contribution is 7.89. The molecule has 1 unspecified atom stereocenters. The summed E-state index contributed by atoms with van der Waals surface area (Å²) in [6, 6.07) is 6.28. The van der Waals surface area contributed by atoms with Gasteiger partial charge in [0.1, 0.15) is 6.10 Å². The van der Waals surface area contributed by atoms with E-state index in [9.17, 15) is 13.2 Å². The van der Waals surface area contributed by atoms with Crippen LogP contribution in [0.1, 0.15) is 42.5 Å². The molecule has 160 valence electrons. The Morgan fingerprint density at radius 2 is 1.77 bits per heavy atom. The van der Waals surface area contributed by atoms with Crippen LogP contribution in [0.15, 0.2) is 47.8 Å². The minimum atomic E-state index is -3.50. The third-order valence-electron chi connectivity index (χ3n) is 5.55. The highest BCUT2D eigenvalue weighted by Crippen LogP contribution is 2.22. The quantitative estimate of drug-likeness (QED) is 0.723. The summed E-state index contributed by atoms with van der Waals surface area (Å²) in [6.07, 6.45) is 9.09. The zero-order valence-electron chi connectivity index (χ0n) is 16.8. The molecule has 8 nitrogen and oxygen atoms in total. The molecule has 1 aromatic heterocycles. The maximum absolute atomic E-state index is 12.9. The Bertz CT molecular complexity index is 960. The lowest BCUT2D eigenvalue weighted by Crippen LogP contribution is -2.44. The van der Waals surface area contributed by atoms with Gasteiger partial charge in [0.05, 0.1) is 17.6 Å². The van der Waals surface area contributed by atoms with Gasteiger partial charge in [-0.05, 0) is 49.9 Å². The fourth-order valence-corrected chi connectivity index (χ4v) is 5.46. The SMILES string of the molecule is O=C(c1ccc(S(=O)(=O)N2CCCCC2)cc1)N1CCCC(Oc2cnccn2)C1. The van der Waals surface area contributed by atoms with Crippen molar-refractivity contribution in [2.24, 2.45) is 0 Å². The number of ether oxygens (including phenoxy) is 1. The van der Waals surface area contributed by atoms with E-state index in [4.69, 9.17) is 4.74 Å². The van der Waals surface area contributed by atoms with Gasteiger partial charge in [0.2, 0.25) is 15.9 Å². The first-order valence-corrected chi connectivity index (χ1v) is 11.8. The van der Waals surface area contributed by atoms with E-state index in [1.807, 2.05) is 0 Å². The van der Waals surface area contributed by atoms with Crippen molar-refractivity contribution in [1.82, 2.24) is 19.2 Å². The number of piperidine rings is 2. The zero-order valence-corrected chi connectivity index (χ0v) is 17.6. The molecule has 9 heteroatoms. The normalized spacial score (nSPS) is 20.7. The van der Waals surface area contributed by atoms with Crippen LogP contribution in [0, 0.1) is 0 Å². The number of nitrogens with zero attached hydrogens (tertiary/aromatic N) is 4. The number of likely N-dealkylation sites (tertiary alicyclic amines) is 1. The third-order valence-corrected chi connectivity index (χ3v) is 7.46. The molecule has 30 heavy (non-hydrogen) atoms. The lowest BCUT2D eigenvalue weighted by molar-refractivity contribution is 0.0527. The summed E-state index contributed by atoms with van der Waals surface area (Å²) < 4.78 is 33.0. The number of rotatable bonds is 5. The molecule has 2 aliphatic rings. The van der Waals surface area contributed by atoms with Crippen molar-refractivity contribution in [3.63, 3.8) is 0 Å². The van der Waals surface area contributed by atoms with E-state index in [2.05, 4.69) is 9.97 Å². The Labute approximate surface area is 176 Å². The molecule has 0 radical (unpaired) electrons. The molecular formula is C21H26N4O4S. The summed E-state index contributed by atoms with van der Waals surface area (Å²) in [5.74, 6) is 0.327. The Morgan fingerprint density at radius 1 is 1.00 bits per heavy atom. The second-order valence-electron chi connectivity index (χ2n) is 7.67. The standard InChI is InChI=1S/C21H26N4O4S/c26-21(24-12-4-5-18(16-24)29-20-15-22-10-11-23-20)17-6-8-19(9-7-17)30(27,28)25-13-2-1-3-14-25/h6-11,15,18H,1-5,12-14,16H2. The molecule has 3 heterocycles. The lowest BCUT2D eigenvalue weighted by Gasteiger charge is -2.32. The Hall–Kier alpha value is -2.52. The Kier molecular flexibility index (Phi) is 6.29. The van der Waals surface area contributed by atoms with Crippen molar-refractivity contribution in [2.75, 3.05) is 26.2 Å². The molecule has 0 saturated carbocycles. The number of amides is 1. The first-order chi connectivity index (χ1) is 14.5. The number of benzene rings is 1. The third kappa shape index (κ3) is 4.62. The monoisotopic (exact) mass is 430 g/mol. The van der Waals surface area contributed by atoms with Crippen LogP contribution in [-0.2, 0) is 10.0 Å². The summed E-state index contributed by atoms with van der Waals surface area (Å²) in [7, 11) is -3.50. The number of carbonyl (C=O) groups excluding carboxylic acids is 1. The first kappa shape index (κ1) is 20.7. The van der Waals surface area contributed by atoms with Crippen molar-refractivity contribution in [3.05, 3.63) is 48.4 Å². The molecule has 4 rings (SSSR count). The molecule has 0 spiro atoms. The van der Waals surface area contributed by atoms with E-state index in [0.29, 0.717) is 37.6 Å². The van der Waals surface area contributed by atoms with Crippen molar-refractivity contribution in [1.29, 1.82) is 0 Å². The van der Waals surface area contributed by atoms with E-state index in [1.165, 1.54) is 16.4 Å². The predicted molar refractivity (Wildman–Crippen MR) is 111 cm³/mol. The minimum absolute atomic E-state index is 0.121. The van der Waals surface area contributed by atoms with E-state index in [0.717, 1.165) is 32.1 Å². The molecule has 0 N–H and O–H groups in total. The summed E-state index contributed by atoms with van der Waals surface area (Å²) in [5, 5.41) is 0. The molecule has 1 amide bonds. The van der Waals surface area contributed by atoms with Gasteiger partial charge in [-0.2, -0.15) is 4.31 Å². The van der Waals surface area contributed by atoms with Crippen LogP contribution >= 0.6 is 0 Å². The fourth-order valence-electron chi connectivity index (χ4n) is 3.94. The summed E-state index contributed by atoms with van der Waals surface area (Å²) in [5.41, 5.74) is 0.479. The van der Waals surface area contributed by atoms with Crippen LogP contribution in [0.3, 0.4) is 0 Å². The average Bonchev–Trinajstić information content (AvgIpc) is 2.80. The second-order valence-corrected chi connectivity index (χ2v) is 9.60. The van der Waals surface area contributed by atoms with Crippen molar-refractivity contribution < 1.29 is 17.9 Å². The van der Waals surface area contributed by atoms with Crippen LogP contribution in [0.25, 0.3) is 0 Å². The van der Waals surface area contributed by atoms with Crippen LogP contribution in [0.5, 0.6) is 5.88 Å². The van der Waals surface area contributed by atoms with Crippen LogP contribution < -0.4 is 4.74 Å². The zero-order chi connectivity index (χ0) is 21.0. The molecule has 2 fully saturated rings. The molecule has 2 saturated heterocycles. The van der Waals surface area contributed by atoms with Crippen LogP contribution in [-0.4, -0.2) is 65.8 Å². The molecule has 2 aromatic rings. The van der Waals surface area contributed by atoms with Gasteiger partial charge in [-0.3, -0.25) is 9.78 Å². The topological polar surface area (TPSA) is 92.7 Å². The van der Waals surface area contributed by atoms with Crippen LogP contribution in [0.4, 0.5) is 0 Å². The summed E-state index contributed by atoms with van der Waals surface area (Å²) in [4.78, 5) is 23.0. The van der Waals surface area contributed by atoms with Crippen molar-refractivity contribution in [3.8, 4) is 5.88 Å². The summed E-state index contributed by atoms with van der Waals surface area (Å²) >= 11 is 0. The van der Waals surface area contributed by atoms with Crippen molar-refractivity contribution in [2.45, 2.75) is 43.1 Å². The highest BCUT2D eigenvalue weighted by atomic mass is 32.2. The highest BCUT2D eigenvalue weighted by Gasteiger charge is 2.28. The van der Waals surface area contributed by atoms with Gasteiger partial charge in [0.15, 0.2) is 0 Å². The second kappa shape index (κ2) is 9.09. The molecule has 1 aromatic carbocycles. The van der Waals surface area contributed by atoms with E-state index in [1.54, 1.807) is 35.6 Å². The number of hydrogen-bond acceptors (Lipinski definition) is 6.